The van der Waals surface area contributed by atoms with Crippen molar-refractivity contribution in [3.05, 3.63) is 47.7 Å². The first-order chi connectivity index (χ1) is 11.4. The van der Waals surface area contributed by atoms with Crippen LogP contribution in [0, 0.1) is 5.92 Å². The van der Waals surface area contributed by atoms with Gasteiger partial charge in [0.05, 0.1) is 13.8 Å². The molecule has 124 valence electrons. The summed E-state index contributed by atoms with van der Waals surface area (Å²) < 4.78 is 17.3. The molecule has 23 heavy (non-hydrogen) atoms. The molecule has 2 aromatic rings. The van der Waals surface area contributed by atoms with Crippen LogP contribution in [0.5, 0.6) is 0 Å². The summed E-state index contributed by atoms with van der Waals surface area (Å²) in [6.07, 6.45) is 0.572. The fraction of sp³-hybridized carbons (Fsp3) is 0.476. The van der Waals surface area contributed by atoms with E-state index in [1.807, 2.05) is 26.1 Å². The van der Waals surface area contributed by atoms with Gasteiger partial charge in [-0.05, 0) is 46.7 Å². The Morgan fingerprint density at radius 1 is 1.09 bits per heavy atom. The molecular weight excluding hydrogens is 294 g/mol. The van der Waals surface area contributed by atoms with Crippen molar-refractivity contribution in [1.29, 1.82) is 0 Å². The van der Waals surface area contributed by atoms with E-state index in [0.717, 1.165) is 22.0 Å². The zero-order valence-corrected chi connectivity index (χ0v) is 16.6. The predicted octanol–water partition coefficient (Wildman–Crippen LogP) is 5.62. The van der Waals surface area contributed by atoms with Crippen molar-refractivity contribution >= 4 is 13.3 Å². The van der Waals surface area contributed by atoms with Gasteiger partial charge in [-0.15, -0.1) is 0 Å². The molecule has 2 rings (SSSR count). The maximum Gasteiger partial charge on any atom is 0.0799 e. The highest BCUT2D eigenvalue weighted by atomic mass is 28.3. The van der Waals surface area contributed by atoms with Gasteiger partial charge in [0.2, 0.25) is 0 Å². The van der Waals surface area contributed by atoms with Crippen molar-refractivity contribution in [3.8, 4) is 11.3 Å². The third-order valence-electron chi connectivity index (χ3n) is 4.01. The normalized spacial score (nSPS) is 14.1. The third-order valence-corrected chi connectivity index (χ3v) is 6.02. The van der Waals surface area contributed by atoms with Crippen molar-refractivity contribution < 1.29 is 2.74 Å². The fourth-order valence-electron chi connectivity index (χ4n) is 2.70. The van der Waals surface area contributed by atoms with Crippen LogP contribution >= 0.6 is 0 Å². The smallest absolute Gasteiger partial charge is 0.0799 e. The lowest BCUT2D eigenvalue weighted by molar-refractivity contribution is 0.649. The molecule has 0 aliphatic rings. The van der Waals surface area contributed by atoms with E-state index in [9.17, 15) is 0 Å². The molecule has 1 nitrogen and oxygen atoms in total. The number of benzene rings is 1. The van der Waals surface area contributed by atoms with E-state index in [-0.39, 0.29) is 5.92 Å². The van der Waals surface area contributed by atoms with E-state index in [1.54, 1.807) is 0 Å². The van der Waals surface area contributed by atoms with Gasteiger partial charge in [0, 0.05) is 14.5 Å². The largest absolute Gasteiger partial charge is 0.256 e. The first kappa shape index (κ1) is 15.1. The molecule has 0 bridgehead atoms. The second kappa shape index (κ2) is 7.00. The van der Waals surface area contributed by atoms with Crippen LogP contribution in [0.15, 0.2) is 36.5 Å². The predicted molar refractivity (Wildman–Crippen MR) is 105 cm³/mol. The first-order valence-electron chi connectivity index (χ1n) is 9.56. The molecule has 0 saturated heterocycles. The molecule has 0 unspecified atom stereocenters. The summed E-state index contributed by atoms with van der Waals surface area (Å²) >= 11 is 0. The zero-order chi connectivity index (χ0) is 19.0. The molecule has 0 aliphatic carbocycles. The number of hydrogen-bond acceptors (Lipinski definition) is 1. The summed E-state index contributed by atoms with van der Waals surface area (Å²) in [5, 5.41) is 1.12. The lowest BCUT2D eigenvalue weighted by atomic mass is 9.98. The molecule has 1 aromatic heterocycles. The lowest BCUT2D eigenvalue weighted by Crippen LogP contribution is -2.40. The van der Waals surface area contributed by atoms with Gasteiger partial charge in [-0.2, -0.15) is 0 Å². The second-order valence-corrected chi connectivity index (χ2v) is 13.0. The van der Waals surface area contributed by atoms with Gasteiger partial charge in [-0.1, -0.05) is 65.5 Å². The highest BCUT2D eigenvalue weighted by Crippen LogP contribution is 2.24. The molecule has 0 atom stereocenters. The lowest BCUT2D eigenvalue weighted by Gasteiger charge is -2.22. The topological polar surface area (TPSA) is 12.9 Å². The number of hydrogen-bond donors (Lipinski definition) is 0. The molecule has 2 heteroatoms. The number of nitrogens with zero attached hydrogens (tertiary/aromatic N) is 1. The standard InChI is InChI=1S/C21H31NSi/c1-15(2)11-19-13-20(22-14-21(19)23(5,6)7)18-10-8-9-17(12-18)16(3)4/h8-10,12-16H,11H2,1-7H3/i11D2. The van der Waals surface area contributed by atoms with Crippen LogP contribution in [0.25, 0.3) is 11.3 Å². The first-order valence-corrected chi connectivity index (χ1v) is 12.1. The van der Waals surface area contributed by atoms with Gasteiger partial charge in [0.1, 0.15) is 0 Å². The SMILES string of the molecule is [2H]C([2H])(c1cc(-c2cccc(C(C)C)c2)ncc1[Si](C)(C)C)C(C)C. The van der Waals surface area contributed by atoms with E-state index in [0.29, 0.717) is 5.92 Å². The van der Waals surface area contributed by atoms with Crippen LogP contribution < -0.4 is 5.19 Å². The molecule has 0 saturated carbocycles. The minimum Gasteiger partial charge on any atom is -0.256 e. The van der Waals surface area contributed by atoms with E-state index in [2.05, 4.69) is 57.8 Å². The van der Waals surface area contributed by atoms with Gasteiger partial charge < -0.3 is 0 Å². The maximum absolute atomic E-state index is 8.67. The van der Waals surface area contributed by atoms with Crippen LogP contribution in [-0.2, 0) is 6.37 Å². The molecule has 1 heterocycles. The Hall–Kier alpha value is -1.41. The number of pyridine rings is 1. The van der Waals surface area contributed by atoms with Crippen LogP contribution in [-0.4, -0.2) is 13.1 Å². The number of rotatable bonds is 5. The van der Waals surface area contributed by atoms with E-state index in [1.165, 1.54) is 5.56 Å². The quantitative estimate of drug-likeness (QED) is 0.650. The van der Waals surface area contributed by atoms with Crippen molar-refractivity contribution in [1.82, 2.24) is 4.98 Å². The highest BCUT2D eigenvalue weighted by molar-refractivity contribution is 6.89. The maximum atomic E-state index is 8.67. The summed E-state index contributed by atoms with van der Waals surface area (Å²) in [4.78, 5) is 4.72. The van der Waals surface area contributed by atoms with Crippen molar-refractivity contribution in [2.45, 2.75) is 59.6 Å². The molecule has 0 fully saturated rings. The molecule has 0 radical (unpaired) electrons. The third kappa shape index (κ3) is 4.54. The van der Waals surface area contributed by atoms with Gasteiger partial charge in [-0.25, -0.2) is 0 Å². The molecule has 0 aliphatic heterocycles. The van der Waals surface area contributed by atoms with Crippen LogP contribution in [0.2, 0.25) is 19.6 Å². The van der Waals surface area contributed by atoms with Crippen LogP contribution in [0.1, 0.15) is 47.5 Å². The Morgan fingerprint density at radius 2 is 1.78 bits per heavy atom. The van der Waals surface area contributed by atoms with Crippen LogP contribution in [0.4, 0.5) is 0 Å². The highest BCUT2D eigenvalue weighted by Gasteiger charge is 2.21. The Labute approximate surface area is 146 Å². The fourth-order valence-corrected chi connectivity index (χ4v) is 4.10. The Balaban J connectivity index is 2.66. The van der Waals surface area contributed by atoms with E-state index in [4.69, 9.17) is 7.73 Å². The van der Waals surface area contributed by atoms with Crippen molar-refractivity contribution in [3.63, 3.8) is 0 Å². The molecule has 0 N–H and O–H groups in total. The van der Waals surface area contributed by atoms with Crippen molar-refractivity contribution in [2.24, 2.45) is 5.92 Å². The second-order valence-electron chi connectivity index (χ2n) is 7.94. The number of aromatic nitrogens is 1. The minimum absolute atomic E-state index is 0.0835. The zero-order valence-electron chi connectivity index (χ0n) is 17.6. The van der Waals surface area contributed by atoms with E-state index < -0.39 is 14.4 Å². The van der Waals surface area contributed by atoms with Gasteiger partial charge >= 0.3 is 0 Å². The Kier molecular flexibility index (Phi) is 4.61. The average Bonchev–Trinajstić information content (AvgIpc) is 2.53. The summed E-state index contributed by atoms with van der Waals surface area (Å²) in [6.45, 7) is 15.0. The summed E-state index contributed by atoms with van der Waals surface area (Å²) in [5.74, 6) is 0.377. The minimum atomic E-state index is -1.69. The Bertz CT molecular complexity index is 746. The van der Waals surface area contributed by atoms with E-state index >= 15 is 0 Å². The monoisotopic (exact) mass is 327 g/mol. The summed E-state index contributed by atoms with van der Waals surface area (Å²) in [6, 6.07) is 10.4. The molecule has 1 aromatic carbocycles. The van der Waals surface area contributed by atoms with Gasteiger partial charge in [-0.3, -0.25) is 4.98 Å². The van der Waals surface area contributed by atoms with Gasteiger partial charge in [0.15, 0.2) is 0 Å². The van der Waals surface area contributed by atoms with Crippen LogP contribution in [0.3, 0.4) is 0 Å². The molecule has 0 amide bonds. The average molecular weight is 328 g/mol. The summed E-state index contributed by atoms with van der Waals surface area (Å²) in [7, 11) is -1.69. The molecular formula is C21H31NSi. The van der Waals surface area contributed by atoms with Gasteiger partial charge in [0.25, 0.3) is 0 Å². The molecule has 0 spiro atoms. The Morgan fingerprint density at radius 3 is 2.35 bits per heavy atom. The summed E-state index contributed by atoms with van der Waals surface area (Å²) in [5.41, 5.74) is 4.03. The van der Waals surface area contributed by atoms with Crippen molar-refractivity contribution in [2.75, 3.05) is 0 Å².